The van der Waals surface area contributed by atoms with E-state index in [-0.39, 0.29) is 0 Å². The number of nitrogens with two attached hydrogens (primary N) is 1. The first-order valence-corrected chi connectivity index (χ1v) is 13.8. The number of unbranched alkanes of at least 4 members (excludes halogenated alkanes) is 14. The zero-order valence-corrected chi connectivity index (χ0v) is 22.5. The number of carboxylic acid groups (broad SMARTS) is 1. The van der Waals surface area contributed by atoms with E-state index in [2.05, 4.69) is 20.8 Å². The molecule has 0 aliphatic carbocycles. The van der Waals surface area contributed by atoms with Gasteiger partial charge in [0.2, 0.25) is 0 Å². The smallest absolute Gasteiger partial charge is 0.332 e. The lowest BCUT2D eigenvalue weighted by molar-refractivity contribution is -0.849. The summed E-state index contributed by atoms with van der Waals surface area (Å²) in [6.45, 7) is 10.9. The van der Waals surface area contributed by atoms with Crippen molar-refractivity contribution in [1.82, 2.24) is 0 Å². The topological polar surface area (TPSA) is 101 Å². The predicted octanol–water partition coefficient (Wildman–Crippen LogP) is 6.04. The molecule has 1 atom stereocenters. The van der Waals surface area contributed by atoms with E-state index in [1.165, 1.54) is 96.8 Å². The molecule has 0 saturated heterocycles. The number of carbonyl (C=O) groups excluding carboxylic acids is 1. The number of quaternary nitrogens is 1. The standard InChI is InChI=1S/C24H51N2O.C3H6O3/c1-4-7-8-9-10-11-12-13-14-15-16-17-18-19-20-21-24(27)26(5-2,6-3)23-22-25;1-2(4)3(5)6/h4-23,25H2,1-3H3;2,4H,1H3,(H,5,6)/q+1;. The summed E-state index contributed by atoms with van der Waals surface area (Å²) in [5, 5.41) is 15.8. The molecule has 1 unspecified atom stereocenters. The van der Waals surface area contributed by atoms with Crippen LogP contribution in [0.1, 0.15) is 130 Å². The Morgan fingerprint density at radius 1 is 0.727 bits per heavy atom. The fraction of sp³-hybridized carbons (Fsp3) is 0.926. The molecule has 0 aliphatic heterocycles. The van der Waals surface area contributed by atoms with Crippen molar-refractivity contribution in [3.8, 4) is 0 Å². The molecule has 6 heteroatoms. The average Bonchev–Trinajstić information content (AvgIpc) is 2.80. The maximum atomic E-state index is 12.6. The van der Waals surface area contributed by atoms with Crippen LogP contribution in [-0.4, -0.2) is 58.9 Å². The molecule has 0 spiro atoms. The second-order valence-electron chi connectivity index (χ2n) is 9.40. The zero-order valence-electron chi connectivity index (χ0n) is 22.5. The average molecular weight is 474 g/mol. The van der Waals surface area contributed by atoms with Crippen molar-refractivity contribution in [3.63, 3.8) is 0 Å². The third kappa shape index (κ3) is 20.1. The number of hydrogen-bond donors (Lipinski definition) is 3. The van der Waals surface area contributed by atoms with Crippen LogP contribution < -0.4 is 5.73 Å². The molecule has 0 aromatic heterocycles. The first-order valence-electron chi connectivity index (χ1n) is 13.8. The van der Waals surface area contributed by atoms with Crippen LogP contribution in [0.4, 0.5) is 0 Å². The van der Waals surface area contributed by atoms with Crippen molar-refractivity contribution in [1.29, 1.82) is 0 Å². The van der Waals surface area contributed by atoms with Gasteiger partial charge in [-0.3, -0.25) is 4.48 Å². The number of nitrogens with zero attached hydrogens (tertiary/aromatic N) is 1. The van der Waals surface area contributed by atoms with Crippen LogP contribution >= 0.6 is 0 Å². The van der Waals surface area contributed by atoms with Crippen LogP contribution in [0.15, 0.2) is 0 Å². The van der Waals surface area contributed by atoms with Crippen molar-refractivity contribution >= 4 is 11.9 Å². The molecule has 0 bridgehead atoms. The Hall–Kier alpha value is -0.980. The Bertz CT molecular complexity index is 451. The van der Waals surface area contributed by atoms with Gasteiger partial charge in [0.1, 0.15) is 6.10 Å². The second kappa shape index (κ2) is 24.2. The molecule has 0 aromatic carbocycles. The lowest BCUT2D eigenvalue weighted by Gasteiger charge is -2.33. The number of likely N-dealkylation sites (N-methyl/N-ethyl adjacent to an activating group) is 1. The van der Waals surface area contributed by atoms with Gasteiger partial charge in [0.05, 0.1) is 26.1 Å². The molecule has 0 rings (SSSR count). The first-order chi connectivity index (χ1) is 15.8. The zero-order chi connectivity index (χ0) is 25.4. The summed E-state index contributed by atoms with van der Waals surface area (Å²) >= 11 is 0. The van der Waals surface area contributed by atoms with E-state index in [0.717, 1.165) is 32.5 Å². The lowest BCUT2D eigenvalue weighted by atomic mass is 10.0. The van der Waals surface area contributed by atoms with Gasteiger partial charge >= 0.3 is 11.9 Å². The molecule has 4 N–H and O–H groups in total. The minimum absolute atomic E-state index is 0.403. The number of aliphatic hydroxyl groups is 1. The van der Waals surface area contributed by atoms with Gasteiger partial charge in [0.25, 0.3) is 0 Å². The highest BCUT2D eigenvalue weighted by Crippen LogP contribution is 2.15. The largest absolute Gasteiger partial charge is 0.479 e. The maximum absolute atomic E-state index is 12.6. The quantitative estimate of drug-likeness (QED) is 0.139. The Morgan fingerprint density at radius 2 is 1.06 bits per heavy atom. The molecule has 33 heavy (non-hydrogen) atoms. The third-order valence-electron chi connectivity index (χ3n) is 6.65. The summed E-state index contributed by atoms with van der Waals surface area (Å²) in [7, 11) is 0. The molecule has 0 heterocycles. The second-order valence-corrected chi connectivity index (χ2v) is 9.40. The normalized spacial score (nSPS) is 12.2. The number of carboxylic acids is 1. The monoisotopic (exact) mass is 473 g/mol. The van der Waals surface area contributed by atoms with Crippen LogP contribution in [0.2, 0.25) is 0 Å². The molecule has 0 aliphatic rings. The van der Waals surface area contributed by atoms with Gasteiger partial charge in [-0.05, 0) is 27.2 Å². The minimum Gasteiger partial charge on any atom is -0.479 e. The van der Waals surface area contributed by atoms with E-state index in [1.807, 2.05) is 0 Å². The van der Waals surface area contributed by atoms with Crippen molar-refractivity contribution in [2.24, 2.45) is 5.73 Å². The molecule has 0 fully saturated rings. The summed E-state index contributed by atoms with van der Waals surface area (Å²) in [6.07, 6.45) is 20.0. The lowest BCUT2D eigenvalue weighted by Crippen LogP contribution is -2.54. The van der Waals surface area contributed by atoms with Gasteiger partial charge in [-0.15, -0.1) is 0 Å². The SMILES string of the molecule is CC(O)C(=O)O.CCCCCCCCCCCCCCCCCC(=O)[N+](CC)(CC)CCN. The van der Waals surface area contributed by atoms with Crippen LogP contribution in [0.25, 0.3) is 0 Å². The summed E-state index contributed by atoms with van der Waals surface area (Å²) in [5.41, 5.74) is 5.72. The summed E-state index contributed by atoms with van der Waals surface area (Å²) in [6, 6.07) is 0. The highest BCUT2D eigenvalue weighted by atomic mass is 16.4. The van der Waals surface area contributed by atoms with Crippen LogP contribution in [0, 0.1) is 0 Å². The number of amides is 1. The maximum Gasteiger partial charge on any atom is 0.332 e. The molecular formula is C27H57N2O4+. The fourth-order valence-corrected chi connectivity index (χ4v) is 4.15. The van der Waals surface area contributed by atoms with Gasteiger partial charge in [0, 0.05) is 6.54 Å². The molecule has 198 valence electrons. The highest BCUT2D eigenvalue weighted by molar-refractivity contribution is 5.71. The number of aliphatic carboxylic acids is 1. The van der Waals surface area contributed by atoms with Gasteiger partial charge in [0.15, 0.2) is 0 Å². The first kappa shape index (κ1) is 34.2. The van der Waals surface area contributed by atoms with Crippen LogP contribution in [0.5, 0.6) is 0 Å². The summed E-state index contributed by atoms with van der Waals surface area (Å²) < 4.78 is 0.578. The third-order valence-corrected chi connectivity index (χ3v) is 6.65. The number of carbonyl (C=O) groups is 2. The van der Waals surface area contributed by atoms with Crippen LogP contribution in [-0.2, 0) is 9.59 Å². The van der Waals surface area contributed by atoms with Gasteiger partial charge < -0.3 is 15.9 Å². The predicted molar refractivity (Wildman–Crippen MR) is 139 cm³/mol. The summed E-state index contributed by atoms with van der Waals surface area (Å²) in [5.74, 6) is -0.782. The van der Waals surface area contributed by atoms with Crippen LogP contribution in [0.3, 0.4) is 0 Å². The number of rotatable bonds is 21. The van der Waals surface area contributed by atoms with Crippen molar-refractivity contribution in [2.45, 2.75) is 137 Å². The fourth-order valence-electron chi connectivity index (χ4n) is 4.15. The summed E-state index contributed by atoms with van der Waals surface area (Å²) in [4.78, 5) is 22.0. The molecule has 6 nitrogen and oxygen atoms in total. The van der Waals surface area contributed by atoms with Crippen molar-refractivity contribution in [3.05, 3.63) is 0 Å². The Morgan fingerprint density at radius 3 is 1.33 bits per heavy atom. The van der Waals surface area contributed by atoms with Gasteiger partial charge in [-0.2, -0.15) is 0 Å². The minimum atomic E-state index is -1.23. The van der Waals surface area contributed by atoms with Gasteiger partial charge in [-0.25, -0.2) is 9.59 Å². The van der Waals surface area contributed by atoms with E-state index >= 15 is 0 Å². The van der Waals surface area contributed by atoms with E-state index in [4.69, 9.17) is 15.9 Å². The molecule has 0 radical (unpaired) electrons. The molecule has 1 amide bonds. The Kier molecular flexibility index (Phi) is 25.0. The van der Waals surface area contributed by atoms with E-state index in [9.17, 15) is 9.59 Å². The molecular weight excluding hydrogens is 416 g/mol. The van der Waals surface area contributed by atoms with Gasteiger partial charge in [-0.1, -0.05) is 96.8 Å². The van der Waals surface area contributed by atoms with E-state index in [0.29, 0.717) is 16.9 Å². The molecule has 0 aromatic rings. The van der Waals surface area contributed by atoms with E-state index < -0.39 is 12.1 Å². The number of aliphatic hydroxyl groups excluding tert-OH is 1. The Balaban J connectivity index is 0. The number of hydrogen-bond acceptors (Lipinski definition) is 4. The van der Waals surface area contributed by atoms with Crippen molar-refractivity contribution in [2.75, 3.05) is 26.2 Å². The van der Waals surface area contributed by atoms with Crippen molar-refractivity contribution < 1.29 is 24.3 Å². The molecule has 0 saturated carbocycles. The van der Waals surface area contributed by atoms with E-state index in [1.54, 1.807) is 0 Å². The highest BCUT2D eigenvalue weighted by Gasteiger charge is 2.31. The Labute approximate surface area is 204 Å².